The number of carbonyl (C=O) groups is 3. The third-order valence-electron chi connectivity index (χ3n) is 6.11. The summed E-state index contributed by atoms with van der Waals surface area (Å²) in [5, 5.41) is 9.91. The van der Waals surface area contributed by atoms with Gasteiger partial charge in [-0.05, 0) is 37.5 Å². The molecule has 1 spiro atoms. The van der Waals surface area contributed by atoms with E-state index in [9.17, 15) is 14.4 Å². The number of piperidine rings is 1. The summed E-state index contributed by atoms with van der Waals surface area (Å²) in [6.45, 7) is 2.00. The number of allylic oxidation sites excluding steroid dienone is 1. The Morgan fingerprint density at radius 2 is 1.97 bits per heavy atom. The minimum atomic E-state index is -0.722. The quantitative estimate of drug-likeness (QED) is 0.671. The highest BCUT2D eigenvalue weighted by molar-refractivity contribution is 5.97. The number of aromatic nitrogens is 2. The average Bonchev–Trinajstić information content (AvgIpc) is 3.34. The topological polar surface area (TPSA) is 106 Å². The Bertz CT molecular complexity index is 1020. The van der Waals surface area contributed by atoms with Gasteiger partial charge in [-0.2, -0.15) is 5.10 Å². The minimum absolute atomic E-state index is 0.0545. The highest BCUT2D eigenvalue weighted by atomic mass is 16.5. The van der Waals surface area contributed by atoms with Crippen molar-refractivity contribution >= 4 is 17.7 Å². The predicted molar refractivity (Wildman–Crippen MR) is 122 cm³/mol. The summed E-state index contributed by atoms with van der Waals surface area (Å²) in [7, 11) is 0. The fourth-order valence-corrected chi connectivity index (χ4v) is 4.35. The molecule has 1 saturated heterocycles. The lowest BCUT2D eigenvalue weighted by Crippen LogP contribution is -2.54. The van der Waals surface area contributed by atoms with Gasteiger partial charge in [0.05, 0.1) is 11.0 Å². The van der Waals surface area contributed by atoms with E-state index in [1.807, 2.05) is 18.2 Å². The Labute approximate surface area is 192 Å². The molecule has 3 heterocycles. The maximum absolute atomic E-state index is 13.3. The molecule has 1 unspecified atom stereocenters. The number of hydrogen-bond acceptors (Lipinski definition) is 5. The molecule has 0 saturated carbocycles. The molecule has 1 aromatic heterocycles. The highest BCUT2D eigenvalue weighted by Gasteiger charge is 2.42. The molecule has 0 bridgehead atoms. The average molecular weight is 452 g/mol. The van der Waals surface area contributed by atoms with Crippen LogP contribution in [0.25, 0.3) is 0 Å². The van der Waals surface area contributed by atoms with Gasteiger partial charge in [0.1, 0.15) is 18.9 Å². The lowest BCUT2D eigenvalue weighted by atomic mass is 9.76. The van der Waals surface area contributed by atoms with Crippen LogP contribution in [0.2, 0.25) is 0 Å². The van der Waals surface area contributed by atoms with E-state index in [2.05, 4.69) is 15.7 Å². The zero-order valence-corrected chi connectivity index (χ0v) is 18.5. The van der Waals surface area contributed by atoms with Gasteiger partial charge < -0.3 is 20.3 Å². The summed E-state index contributed by atoms with van der Waals surface area (Å²) >= 11 is 0. The summed E-state index contributed by atoms with van der Waals surface area (Å²) in [5.41, 5.74) is -0.259. The molecule has 2 aliphatic heterocycles. The summed E-state index contributed by atoms with van der Waals surface area (Å²) in [6.07, 6.45) is 9.12. The predicted octanol–water partition coefficient (Wildman–Crippen LogP) is 1.38. The molecule has 2 aliphatic rings. The molecule has 3 amide bonds. The van der Waals surface area contributed by atoms with Crippen LogP contribution in [0, 0.1) is 5.41 Å². The largest absolute Gasteiger partial charge is 0.489 e. The number of likely N-dealkylation sites (tertiary alicyclic amines) is 1. The first-order chi connectivity index (χ1) is 16.1. The van der Waals surface area contributed by atoms with Crippen molar-refractivity contribution in [2.24, 2.45) is 5.41 Å². The number of amides is 3. The van der Waals surface area contributed by atoms with E-state index in [0.29, 0.717) is 50.3 Å². The van der Waals surface area contributed by atoms with Crippen molar-refractivity contribution in [3.63, 3.8) is 0 Å². The van der Waals surface area contributed by atoms with Crippen molar-refractivity contribution in [3.05, 3.63) is 60.4 Å². The summed E-state index contributed by atoms with van der Waals surface area (Å²) in [5.74, 6) is 0.115. The van der Waals surface area contributed by atoms with Crippen LogP contribution in [0.4, 0.5) is 0 Å². The first-order valence-electron chi connectivity index (χ1n) is 11.3. The minimum Gasteiger partial charge on any atom is -0.489 e. The second-order valence-corrected chi connectivity index (χ2v) is 8.40. The Kier molecular flexibility index (Phi) is 7.07. The number of benzene rings is 1. The van der Waals surface area contributed by atoms with Crippen molar-refractivity contribution in [2.45, 2.75) is 25.8 Å². The lowest BCUT2D eigenvalue weighted by Gasteiger charge is -2.41. The third kappa shape index (κ3) is 5.42. The lowest BCUT2D eigenvalue weighted by molar-refractivity contribution is -0.142. The van der Waals surface area contributed by atoms with Crippen molar-refractivity contribution in [1.29, 1.82) is 0 Å². The maximum atomic E-state index is 13.3. The zero-order chi connectivity index (χ0) is 23.1. The number of hydrogen-bond donors (Lipinski definition) is 2. The molecule has 0 radical (unpaired) electrons. The normalized spacial score (nSPS) is 22.0. The second kappa shape index (κ2) is 10.3. The number of para-hydroxylation sites is 1. The molecule has 1 fully saturated rings. The van der Waals surface area contributed by atoms with E-state index in [1.54, 1.807) is 46.2 Å². The van der Waals surface area contributed by atoms with Gasteiger partial charge in [0.25, 0.3) is 5.91 Å². The van der Waals surface area contributed by atoms with Gasteiger partial charge in [-0.3, -0.25) is 19.1 Å². The van der Waals surface area contributed by atoms with Crippen molar-refractivity contribution < 1.29 is 19.1 Å². The van der Waals surface area contributed by atoms with Gasteiger partial charge in [0, 0.05) is 38.6 Å². The Morgan fingerprint density at radius 1 is 1.12 bits per heavy atom. The van der Waals surface area contributed by atoms with Crippen LogP contribution in [-0.2, 0) is 16.1 Å². The Hall–Kier alpha value is -3.62. The van der Waals surface area contributed by atoms with E-state index in [-0.39, 0.29) is 30.9 Å². The van der Waals surface area contributed by atoms with Crippen LogP contribution in [0.5, 0.6) is 5.75 Å². The molecule has 9 heteroatoms. The van der Waals surface area contributed by atoms with Gasteiger partial charge in [0.2, 0.25) is 11.8 Å². The second-order valence-electron chi connectivity index (χ2n) is 8.40. The van der Waals surface area contributed by atoms with Gasteiger partial charge in [-0.25, -0.2) is 0 Å². The summed E-state index contributed by atoms with van der Waals surface area (Å²) in [6, 6.07) is 8.87. The summed E-state index contributed by atoms with van der Waals surface area (Å²) < 4.78 is 7.39. The Morgan fingerprint density at radius 3 is 2.82 bits per heavy atom. The number of fused-ring (bicyclic) bond motifs is 1. The molecule has 2 N–H and O–H groups in total. The van der Waals surface area contributed by atoms with Crippen molar-refractivity contribution in [3.8, 4) is 5.75 Å². The molecular weight excluding hydrogens is 422 g/mol. The van der Waals surface area contributed by atoms with Gasteiger partial charge in [-0.1, -0.05) is 24.3 Å². The Balaban J connectivity index is 1.49. The molecule has 33 heavy (non-hydrogen) atoms. The maximum Gasteiger partial charge on any atom is 0.255 e. The van der Waals surface area contributed by atoms with E-state index in [1.165, 1.54) is 0 Å². The fraction of sp³-hybridized carbons (Fsp3) is 0.417. The van der Waals surface area contributed by atoms with Crippen LogP contribution >= 0.6 is 0 Å². The van der Waals surface area contributed by atoms with E-state index < -0.39 is 5.41 Å². The molecule has 0 aliphatic carbocycles. The molecule has 2 aromatic rings. The third-order valence-corrected chi connectivity index (χ3v) is 6.11. The number of rotatable bonds is 2. The smallest absolute Gasteiger partial charge is 0.255 e. The monoisotopic (exact) mass is 451 g/mol. The SMILES string of the molecule is O=C1NCCNC(=O)C2(CC=CCOc3ccccc31)CCCN(C(=O)Cn1cccn1)C2. The van der Waals surface area contributed by atoms with Crippen LogP contribution in [0.1, 0.15) is 29.6 Å². The van der Waals surface area contributed by atoms with Gasteiger partial charge >= 0.3 is 0 Å². The first-order valence-corrected chi connectivity index (χ1v) is 11.3. The molecule has 4 rings (SSSR count). The van der Waals surface area contributed by atoms with Crippen LogP contribution in [0.3, 0.4) is 0 Å². The molecular formula is C24H29N5O4. The molecule has 9 nitrogen and oxygen atoms in total. The summed E-state index contributed by atoms with van der Waals surface area (Å²) in [4.78, 5) is 40.4. The van der Waals surface area contributed by atoms with Crippen molar-refractivity contribution in [2.75, 3.05) is 32.8 Å². The standard InChI is InChI=1S/C24H29N5O4/c30-21(17-29-15-6-11-27-29)28-14-5-10-24(18-28)9-3-4-16-33-20-8-2-1-7-19(20)22(31)25-12-13-26-23(24)32/h1-4,6-8,11,15H,5,9-10,12-14,16-18H2,(H,25,31)(H,26,32). The van der Waals surface area contributed by atoms with Crippen LogP contribution < -0.4 is 15.4 Å². The van der Waals surface area contributed by atoms with E-state index >= 15 is 0 Å². The van der Waals surface area contributed by atoms with Crippen LogP contribution in [0.15, 0.2) is 54.9 Å². The highest BCUT2D eigenvalue weighted by Crippen LogP contribution is 2.34. The van der Waals surface area contributed by atoms with Gasteiger partial charge in [0.15, 0.2) is 0 Å². The van der Waals surface area contributed by atoms with E-state index in [0.717, 1.165) is 6.42 Å². The number of nitrogens with zero attached hydrogens (tertiary/aromatic N) is 3. The van der Waals surface area contributed by atoms with Gasteiger partial charge in [-0.15, -0.1) is 0 Å². The van der Waals surface area contributed by atoms with Crippen LogP contribution in [-0.4, -0.2) is 65.2 Å². The zero-order valence-electron chi connectivity index (χ0n) is 18.5. The van der Waals surface area contributed by atoms with Crippen molar-refractivity contribution in [1.82, 2.24) is 25.3 Å². The molecule has 174 valence electrons. The number of carbonyl (C=O) groups excluding carboxylic acids is 3. The molecule has 1 aromatic carbocycles. The van der Waals surface area contributed by atoms with E-state index in [4.69, 9.17) is 4.74 Å². The number of ether oxygens (including phenoxy) is 1. The number of nitrogens with one attached hydrogen (secondary N) is 2. The molecule has 1 atom stereocenters. The fourth-order valence-electron chi connectivity index (χ4n) is 4.35. The first kappa shape index (κ1) is 22.6.